The molecule has 1 aromatic carbocycles. The third-order valence-electron chi connectivity index (χ3n) is 5.26. The summed E-state index contributed by atoms with van der Waals surface area (Å²) in [6.45, 7) is 6.56. The van der Waals surface area contributed by atoms with E-state index < -0.39 is 5.63 Å². The minimum Gasteiger partial charge on any atom is -0.422 e. The third-order valence-corrected chi connectivity index (χ3v) is 5.26. The van der Waals surface area contributed by atoms with Crippen LogP contribution in [0.4, 0.5) is 0 Å². The van der Waals surface area contributed by atoms with E-state index in [-0.39, 0.29) is 11.3 Å². The maximum absolute atomic E-state index is 12.7. The smallest absolute Gasteiger partial charge is 0.345 e. The number of nitrogens with one attached hydrogen (secondary N) is 1. The Morgan fingerprint density at radius 3 is 2.72 bits per heavy atom. The summed E-state index contributed by atoms with van der Waals surface area (Å²) in [5.74, 6) is 0.719. The summed E-state index contributed by atoms with van der Waals surface area (Å²) in [6.07, 6.45) is 6.49. The van der Waals surface area contributed by atoms with Crippen LogP contribution in [0.15, 0.2) is 44.5 Å². The second kappa shape index (κ2) is 7.26. The van der Waals surface area contributed by atoms with E-state index in [1.54, 1.807) is 24.4 Å². The fourth-order valence-corrected chi connectivity index (χ4v) is 3.46. The topological polar surface area (TPSA) is 63.1 Å². The number of hydrogen-bond acceptors (Lipinski definition) is 3. The molecule has 0 aliphatic heterocycles. The van der Waals surface area contributed by atoms with E-state index in [9.17, 15) is 9.59 Å². The lowest BCUT2D eigenvalue weighted by atomic mass is 9.85. The van der Waals surface area contributed by atoms with Gasteiger partial charge in [0, 0.05) is 6.20 Å². The van der Waals surface area contributed by atoms with Crippen LogP contribution in [0.25, 0.3) is 21.9 Å². The standard InChI is InChI=1S/C21H25NO3/c1-4-5-6-8-13(2)14(3)15-11-17(23)19-18(12-15)25-21(24)16-9-7-10-22-20(16)19/h7,9-14,22H,4-6,8H2,1-3H3. The molecule has 2 unspecified atom stereocenters. The van der Waals surface area contributed by atoms with Crippen molar-refractivity contribution in [1.82, 2.24) is 4.98 Å². The predicted molar refractivity (Wildman–Crippen MR) is 102 cm³/mol. The lowest BCUT2D eigenvalue weighted by Crippen LogP contribution is -2.12. The van der Waals surface area contributed by atoms with E-state index in [0.717, 1.165) is 12.0 Å². The summed E-state index contributed by atoms with van der Waals surface area (Å²) in [5, 5.41) is 0.852. The van der Waals surface area contributed by atoms with Gasteiger partial charge in [-0.05, 0) is 41.7 Å². The van der Waals surface area contributed by atoms with Crippen molar-refractivity contribution in [3.8, 4) is 0 Å². The molecular weight excluding hydrogens is 314 g/mol. The Hall–Kier alpha value is -2.36. The number of pyridine rings is 1. The molecule has 25 heavy (non-hydrogen) atoms. The molecule has 1 N–H and O–H groups in total. The summed E-state index contributed by atoms with van der Waals surface area (Å²) in [4.78, 5) is 28.0. The fourth-order valence-electron chi connectivity index (χ4n) is 3.46. The SMILES string of the molecule is CCCCCC(C)C(C)c1cc(=O)c2c(c1)oc(=O)c1ccc[nH]c12. The minimum atomic E-state index is -0.417. The normalized spacial score (nSPS) is 14.0. The molecule has 2 atom stereocenters. The Labute approximate surface area is 146 Å². The van der Waals surface area contributed by atoms with Gasteiger partial charge >= 0.3 is 5.63 Å². The van der Waals surface area contributed by atoms with Crippen LogP contribution in [-0.4, -0.2) is 4.98 Å². The minimum absolute atomic E-state index is 0.101. The highest BCUT2D eigenvalue weighted by molar-refractivity contribution is 6.01. The van der Waals surface area contributed by atoms with Gasteiger partial charge in [-0.2, -0.15) is 0 Å². The van der Waals surface area contributed by atoms with Gasteiger partial charge in [0.25, 0.3) is 0 Å². The van der Waals surface area contributed by atoms with Crippen molar-refractivity contribution in [1.29, 1.82) is 0 Å². The second-order valence-corrected chi connectivity index (χ2v) is 7.00. The highest BCUT2D eigenvalue weighted by atomic mass is 16.4. The Morgan fingerprint density at radius 2 is 1.96 bits per heavy atom. The Kier molecular flexibility index (Phi) is 5.07. The molecule has 0 aliphatic rings. The van der Waals surface area contributed by atoms with Crippen molar-refractivity contribution < 1.29 is 4.42 Å². The van der Waals surface area contributed by atoms with E-state index in [1.165, 1.54) is 19.3 Å². The van der Waals surface area contributed by atoms with E-state index >= 15 is 0 Å². The average molecular weight is 339 g/mol. The molecule has 2 heterocycles. The molecule has 0 saturated heterocycles. The zero-order valence-electron chi connectivity index (χ0n) is 15.1. The van der Waals surface area contributed by atoms with Gasteiger partial charge in [0.2, 0.25) is 0 Å². The zero-order valence-corrected chi connectivity index (χ0v) is 15.1. The molecular formula is C21H25NO3. The fraction of sp³-hybridized carbons (Fsp3) is 0.429. The van der Waals surface area contributed by atoms with Gasteiger partial charge in [0.1, 0.15) is 5.58 Å². The molecule has 4 nitrogen and oxygen atoms in total. The lowest BCUT2D eigenvalue weighted by molar-refractivity contribution is 0.430. The molecule has 3 aromatic rings. The monoisotopic (exact) mass is 339 g/mol. The zero-order chi connectivity index (χ0) is 18.0. The molecule has 0 radical (unpaired) electrons. The first-order valence-corrected chi connectivity index (χ1v) is 9.11. The lowest BCUT2D eigenvalue weighted by Gasteiger charge is -2.20. The number of unbranched alkanes of at least 4 members (excludes halogenated alkanes) is 2. The van der Waals surface area contributed by atoms with Crippen LogP contribution in [0, 0.1) is 5.92 Å². The number of hydrogen-bond donors (Lipinski definition) is 1. The molecule has 4 heteroatoms. The molecule has 0 aliphatic carbocycles. The maximum Gasteiger partial charge on any atom is 0.345 e. The van der Waals surface area contributed by atoms with Gasteiger partial charge in [0.05, 0.1) is 16.3 Å². The largest absolute Gasteiger partial charge is 0.422 e. The van der Waals surface area contributed by atoms with Crippen molar-refractivity contribution in [2.75, 3.05) is 0 Å². The number of H-pyrrole nitrogens is 1. The van der Waals surface area contributed by atoms with Crippen molar-refractivity contribution in [3.63, 3.8) is 0 Å². The van der Waals surface area contributed by atoms with Gasteiger partial charge in [-0.15, -0.1) is 0 Å². The second-order valence-electron chi connectivity index (χ2n) is 7.00. The van der Waals surface area contributed by atoms with Gasteiger partial charge in [-0.1, -0.05) is 46.5 Å². The number of benzene rings is 1. The summed E-state index contributed by atoms with van der Waals surface area (Å²) in [7, 11) is 0. The highest BCUT2D eigenvalue weighted by Crippen LogP contribution is 2.29. The summed E-state index contributed by atoms with van der Waals surface area (Å²) >= 11 is 0. The van der Waals surface area contributed by atoms with Crippen LogP contribution in [0.2, 0.25) is 0 Å². The molecule has 2 aromatic heterocycles. The number of fused-ring (bicyclic) bond motifs is 3. The first-order valence-electron chi connectivity index (χ1n) is 9.11. The molecule has 3 rings (SSSR count). The molecule has 0 bridgehead atoms. The van der Waals surface area contributed by atoms with Gasteiger partial charge in [-0.25, -0.2) is 4.79 Å². The summed E-state index contributed by atoms with van der Waals surface area (Å²) < 4.78 is 5.45. The maximum atomic E-state index is 12.7. The van der Waals surface area contributed by atoms with Crippen LogP contribution < -0.4 is 11.1 Å². The number of rotatable bonds is 6. The van der Waals surface area contributed by atoms with Crippen LogP contribution in [0.5, 0.6) is 0 Å². The van der Waals surface area contributed by atoms with Crippen LogP contribution >= 0.6 is 0 Å². The molecule has 0 amide bonds. The van der Waals surface area contributed by atoms with Gasteiger partial charge in [-0.3, -0.25) is 4.79 Å². The average Bonchev–Trinajstić information content (AvgIpc) is 2.61. The van der Waals surface area contributed by atoms with Gasteiger partial charge in [0.15, 0.2) is 5.43 Å². The van der Waals surface area contributed by atoms with E-state index in [1.807, 2.05) is 6.07 Å². The van der Waals surface area contributed by atoms with Crippen molar-refractivity contribution in [2.45, 2.75) is 52.4 Å². The van der Waals surface area contributed by atoms with Crippen LogP contribution in [0.3, 0.4) is 0 Å². The Bertz CT molecular complexity index is 999. The van der Waals surface area contributed by atoms with Crippen molar-refractivity contribution >= 4 is 21.9 Å². The van der Waals surface area contributed by atoms with Crippen molar-refractivity contribution in [3.05, 3.63) is 56.7 Å². The van der Waals surface area contributed by atoms with Crippen LogP contribution in [-0.2, 0) is 0 Å². The van der Waals surface area contributed by atoms with Gasteiger partial charge < -0.3 is 9.40 Å². The molecule has 0 spiro atoms. The van der Waals surface area contributed by atoms with Crippen LogP contribution in [0.1, 0.15) is 57.9 Å². The first kappa shape index (κ1) is 17.5. The Morgan fingerprint density at radius 1 is 1.16 bits per heavy atom. The third kappa shape index (κ3) is 3.39. The first-order chi connectivity index (χ1) is 12.0. The van der Waals surface area contributed by atoms with E-state index in [0.29, 0.717) is 27.8 Å². The summed E-state index contributed by atoms with van der Waals surface area (Å²) in [6, 6.07) is 6.95. The summed E-state index contributed by atoms with van der Waals surface area (Å²) in [5.41, 5.74) is 1.35. The quantitative estimate of drug-likeness (QED) is 0.392. The van der Waals surface area contributed by atoms with Crippen molar-refractivity contribution in [2.24, 2.45) is 5.92 Å². The molecule has 132 valence electrons. The highest BCUT2D eigenvalue weighted by Gasteiger charge is 2.18. The number of aromatic amines is 1. The van der Waals surface area contributed by atoms with E-state index in [4.69, 9.17) is 4.42 Å². The Balaban J connectivity index is 2.06. The predicted octanol–water partition coefficient (Wildman–Crippen LogP) is 4.95. The molecule has 0 fully saturated rings. The van der Waals surface area contributed by atoms with E-state index in [2.05, 4.69) is 25.8 Å². The molecule has 0 saturated carbocycles. The number of aromatic nitrogens is 1.